The summed E-state index contributed by atoms with van der Waals surface area (Å²) in [4.78, 5) is 8.70. The molecule has 3 heterocycles. The Bertz CT molecular complexity index is 949. The van der Waals surface area contributed by atoms with E-state index in [1.807, 2.05) is 6.92 Å². The molecule has 0 aromatic carbocycles. The predicted molar refractivity (Wildman–Crippen MR) is 108 cm³/mol. The number of pyridine rings is 2. The Morgan fingerprint density at radius 3 is 2.62 bits per heavy atom. The van der Waals surface area contributed by atoms with Crippen LogP contribution in [0.3, 0.4) is 0 Å². The Morgan fingerprint density at radius 1 is 1.31 bits per heavy atom. The topological polar surface area (TPSA) is 127 Å². The largest absolute Gasteiger partial charge is 0.487 e. The molecule has 1 aliphatic rings. The highest BCUT2D eigenvalue weighted by molar-refractivity contribution is 7.99. The van der Waals surface area contributed by atoms with Crippen molar-refractivity contribution >= 4 is 17.6 Å². The summed E-state index contributed by atoms with van der Waals surface area (Å²) >= 11 is 1.45. The van der Waals surface area contributed by atoms with Crippen molar-refractivity contribution in [1.29, 1.82) is 10.5 Å². The standard InChI is InChI=1S/C20H21N5O3S/c1-12(8-26-2)28-14-3-4-17(24-7-14)18-15(5-21)19(23)25-20(16(18)6-22)29-11-13-9-27-10-13/h3-4,7,12-13H,8-11H2,1-2H3,(H2,23,25)/t12-/m1/s1. The van der Waals surface area contributed by atoms with Gasteiger partial charge in [-0.25, -0.2) is 4.98 Å². The number of hydrogen-bond acceptors (Lipinski definition) is 9. The number of hydrogen-bond donors (Lipinski definition) is 1. The average molecular weight is 411 g/mol. The number of aromatic nitrogens is 2. The first kappa shape index (κ1) is 20.9. The number of nitrogens with two attached hydrogens (primary N) is 1. The van der Waals surface area contributed by atoms with Gasteiger partial charge in [0, 0.05) is 24.3 Å². The third-order valence-corrected chi connectivity index (χ3v) is 5.52. The van der Waals surface area contributed by atoms with Crippen molar-refractivity contribution in [2.24, 2.45) is 5.92 Å². The number of nitrogens with zero attached hydrogens (tertiary/aromatic N) is 4. The van der Waals surface area contributed by atoms with Crippen LogP contribution in [0, 0.1) is 28.6 Å². The summed E-state index contributed by atoms with van der Waals surface area (Å²) < 4.78 is 16.0. The molecule has 1 atom stereocenters. The lowest BCUT2D eigenvalue weighted by Gasteiger charge is -2.25. The molecule has 0 saturated carbocycles. The molecule has 0 unspecified atom stereocenters. The lowest BCUT2D eigenvalue weighted by atomic mass is 10.0. The molecule has 0 bridgehead atoms. The van der Waals surface area contributed by atoms with E-state index < -0.39 is 0 Å². The molecule has 2 N–H and O–H groups in total. The van der Waals surface area contributed by atoms with Crippen LogP contribution in [-0.4, -0.2) is 48.8 Å². The second kappa shape index (κ2) is 9.57. The summed E-state index contributed by atoms with van der Waals surface area (Å²) in [5, 5.41) is 19.9. The molecule has 2 aromatic rings. The van der Waals surface area contributed by atoms with Gasteiger partial charge in [-0.05, 0) is 19.1 Å². The van der Waals surface area contributed by atoms with Crippen LogP contribution in [0.4, 0.5) is 5.82 Å². The van der Waals surface area contributed by atoms with Gasteiger partial charge in [0.25, 0.3) is 0 Å². The molecule has 1 aliphatic heterocycles. The quantitative estimate of drug-likeness (QED) is 0.652. The maximum Gasteiger partial charge on any atom is 0.143 e. The van der Waals surface area contributed by atoms with Crippen LogP contribution in [0.1, 0.15) is 18.1 Å². The number of nitrogen functional groups attached to an aromatic ring is 1. The normalized spacial score (nSPS) is 14.5. The van der Waals surface area contributed by atoms with E-state index in [0.717, 1.165) is 5.75 Å². The average Bonchev–Trinajstić information content (AvgIpc) is 2.67. The predicted octanol–water partition coefficient (Wildman–Crippen LogP) is 2.62. The molecular formula is C20H21N5O3S. The van der Waals surface area contributed by atoms with Crippen molar-refractivity contribution in [3.8, 4) is 29.1 Å². The van der Waals surface area contributed by atoms with Crippen LogP contribution in [0.25, 0.3) is 11.3 Å². The van der Waals surface area contributed by atoms with Crippen LogP contribution in [0.15, 0.2) is 23.4 Å². The number of ether oxygens (including phenoxy) is 3. The minimum Gasteiger partial charge on any atom is -0.487 e. The van der Waals surface area contributed by atoms with Crippen molar-refractivity contribution in [2.45, 2.75) is 18.1 Å². The first-order valence-electron chi connectivity index (χ1n) is 9.03. The maximum absolute atomic E-state index is 9.80. The van der Waals surface area contributed by atoms with E-state index in [9.17, 15) is 10.5 Å². The van der Waals surface area contributed by atoms with Gasteiger partial charge < -0.3 is 19.9 Å². The fourth-order valence-electron chi connectivity index (χ4n) is 2.84. The van der Waals surface area contributed by atoms with Gasteiger partial charge in [-0.3, -0.25) is 4.98 Å². The number of nitriles is 2. The zero-order valence-electron chi connectivity index (χ0n) is 16.2. The molecule has 0 radical (unpaired) electrons. The Morgan fingerprint density at radius 2 is 2.07 bits per heavy atom. The Balaban J connectivity index is 1.95. The second-order valence-electron chi connectivity index (χ2n) is 6.63. The molecule has 150 valence electrons. The molecule has 3 rings (SSSR count). The molecule has 0 spiro atoms. The number of thioether (sulfide) groups is 1. The number of rotatable bonds is 8. The van der Waals surface area contributed by atoms with E-state index in [0.29, 0.717) is 53.3 Å². The summed E-state index contributed by atoms with van der Waals surface area (Å²) in [6.45, 7) is 3.75. The highest BCUT2D eigenvalue weighted by Crippen LogP contribution is 2.36. The van der Waals surface area contributed by atoms with Crippen molar-refractivity contribution in [3.63, 3.8) is 0 Å². The molecule has 0 amide bonds. The van der Waals surface area contributed by atoms with Crippen LogP contribution in [0.5, 0.6) is 5.75 Å². The van der Waals surface area contributed by atoms with E-state index >= 15 is 0 Å². The molecule has 1 saturated heterocycles. The van der Waals surface area contributed by atoms with E-state index in [1.165, 1.54) is 11.8 Å². The number of methoxy groups -OCH3 is 1. The molecular weight excluding hydrogens is 390 g/mol. The zero-order valence-corrected chi connectivity index (χ0v) is 17.0. The lowest BCUT2D eigenvalue weighted by Crippen LogP contribution is -2.29. The van der Waals surface area contributed by atoms with Gasteiger partial charge in [-0.1, -0.05) is 0 Å². The van der Waals surface area contributed by atoms with E-state index in [2.05, 4.69) is 22.1 Å². The minimum absolute atomic E-state index is 0.0877. The van der Waals surface area contributed by atoms with Crippen molar-refractivity contribution in [3.05, 3.63) is 29.5 Å². The van der Waals surface area contributed by atoms with Gasteiger partial charge in [-0.2, -0.15) is 10.5 Å². The van der Waals surface area contributed by atoms with E-state index in [4.69, 9.17) is 19.9 Å². The smallest absolute Gasteiger partial charge is 0.143 e. The monoisotopic (exact) mass is 411 g/mol. The summed E-state index contributed by atoms with van der Waals surface area (Å²) in [5.74, 6) is 1.85. The van der Waals surface area contributed by atoms with Crippen LogP contribution in [-0.2, 0) is 9.47 Å². The summed E-state index contributed by atoms with van der Waals surface area (Å²) in [6.07, 6.45) is 1.42. The van der Waals surface area contributed by atoms with Crippen molar-refractivity contribution in [1.82, 2.24) is 9.97 Å². The SMILES string of the molecule is COC[C@@H](C)Oc1ccc(-c2c(C#N)c(N)nc(SCC3COC3)c2C#N)nc1. The van der Waals surface area contributed by atoms with Crippen molar-refractivity contribution < 1.29 is 14.2 Å². The molecule has 2 aromatic heterocycles. The van der Waals surface area contributed by atoms with Crippen LogP contribution >= 0.6 is 11.8 Å². The Hall–Kier alpha value is -2.85. The van der Waals surface area contributed by atoms with Crippen LogP contribution in [0.2, 0.25) is 0 Å². The first-order valence-corrected chi connectivity index (χ1v) is 10.0. The summed E-state index contributed by atoms with van der Waals surface area (Å²) in [5.41, 5.74) is 7.33. The Kier molecular flexibility index (Phi) is 6.89. The fraction of sp³-hybridized carbons (Fsp3) is 0.400. The van der Waals surface area contributed by atoms with Gasteiger partial charge in [-0.15, -0.1) is 11.8 Å². The molecule has 0 aliphatic carbocycles. The summed E-state index contributed by atoms with van der Waals surface area (Å²) in [7, 11) is 1.61. The molecule has 8 nitrogen and oxygen atoms in total. The highest BCUT2D eigenvalue weighted by Gasteiger charge is 2.24. The first-order chi connectivity index (χ1) is 14.1. The maximum atomic E-state index is 9.80. The summed E-state index contributed by atoms with van der Waals surface area (Å²) in [6, 6.07) is 7.69. The molecule has 9 heteroatoms. The Labute approximate surface area is 173 Å². The fourth-order valence-corrected chi connectivity index (χ4v) is 3.88. The zero-order chi connectivity index (χ0) is 20.8. The van der Waals surface area contributed by atoms with Gasteiger partial charge in [0.2, 0.25) is 0 Å². The van der Waals surface area contributed by atoms with Crippen molar-refractivity contribution in [2.75, 3.05) is 38.4 Å². The second-order valence-corrected chi connectivity index (χ2v) is 7.64. The van der Waals surface area contributed by atoms with Gasteiger partial charge in [0.1, 0.15) is 40.4 Å². The van der Waals surface area contributed by atoms with Gasteiger partial charge >= 0.3 is 0 Å². The van der Waals surface area contributed by atoms with Crippen LogP contribution < -0.4 is 10.5 Å². The van der Waals surface area contributed by atoms with E-state index in [-0.39, 0.29) is 17.5 Å². The van der Waals surface area contributed by atoms with E-state index in [1.54, 1.807) is 25.4 Å². The lowest BCUT2D eigenvalue weighted by molar-refractivity contribution is -0.0196. The van der Waals surface area contributed by atoms with Gasteiger partial charge in [0.05, 0.1) is 37.3 Å². The highest BCUT2D eigenvalue weighted by atomic mass is 32.2. The third-order valence-electron chi connectivity index (χ3n) is 4.31. The molecule has 1 fully saturated rings. The molecule has 29 heavy (non-hydrogen) atoms. The number of anilines is 1. The third kappa shape index (κ3) is 4.77. The van der Waals surface area contributed by atoms with Gasteiger partial charge in [0.15, 0.2) is 0 Å². The minimum atomic E-state index is -0.132.